The van der Waals surface area contributed by atoms with Gasteiger partial charge in [0, 0.05) is 5.39 Å². The Kier molecular flexibility index (Phi) is 1.93. The molecule has 0 spiro atoms. The van der Waals surface area contributed by atoms with Gasteiger partial charge in [0.1, 0.15) is 0 Å². The Balaban J connectivity index is 2.53. The molecular weight excluding hydrogens is 200 g/mol. The van der Waals surface area contributed by atoms with Gasteiger partial charge in [0.2, 0.25) is 0 Å². The maximum absolute atomic E-state index is 3.64. The van der Waals surface area contributed by atoms with Crippen molar-refractivity contribution in [2.75, 3.05) is 0 Å². The molecule has 72 valence electrons. The minimum atomic E-state index is 1.15. The number of rotatable bonds is 0. The van der Waals surface area contributed by atoms with Crippen molar-refractivity contribution < 1.29 is 0 Å². The lowest BCUT2D eigenvalue weighted by Crippen LogP contribution is -1.78. The fourth-order valence-electron chi connectivity index (χ4n) is 1.97. The van der Waals surface area contributed by atoms with Crippen molar-refractivity contribution in [3.8, 4) is 0 Å². The van der Waals surface area contributed by atoms with E-state index in [0.717, 1.165) is 4.90 Å². The highest BCUT2D eigenvalue weighted by atomic mass is 32.1. The fourth-order valence-corrected chi connectivity index (χ4v) is 2.28. The van der Waals surface area contributed by atoms with Gasteiger partial charge in [0.05, 0.1) is 0 Å². The van der Waals surface area contributed by atoms with Crippen molar-refractivity contribution in [3.63, 3.8) is 0 Å². The molecule has 15 heavy (non-hydrogen) atoms. The number of benzene rings is 3. The van der Waals surface area contributed by atoms with Gasteiger partial charge in [-0.2, -0.15) is 0 Å². The van der Waals surface area contributed by atoms with Gasteiger partial charge >= 0.3 is 0 Å². The van der Waals surface area contributed by atoms with E-state index in [2.05, 4.69) is 67.2 Å². The van der Waals surface area contributed by atoms with Gasteiger partial charge in [-0.3, -0.25) is 0 Å². The number of hydrogen-bond donors (Lipinski definition) is 0. The molecule has 3 aromatic rings. The average Bonchev–Trinajstić information content (AvgIpc) is 2.27. The highest BCUT2D eigenvalue weighted by Gasteiger charge is 2.02. The molecule has 0 nitrogen and oxygen atoms in total. The summed E-state index contributed by atoms with van der Waals surface area (Å²) in [5.74, 6) is 0. The van der Waals surface area contributed by atoms with Gasteiger partial charge in [-0.15, -0.1) is 0 Å². The molecule has 0 heterocycles. The van der Waals surface area contributed by atoms with Crippen LogP contribution in [0, 0.1) is 0 Å². The number of fused-ring (bicyclic) bond motifs is 2. The zero-order valence-electron chi connectivity index (χ0n) is 8.20. The molecule has 1 heteroatoms. The summed E-state index contributed by atoms with van der Waals surface area (Å²) in [5, 5.41) is 5.13. The Morgan fingerprint density at radius 1 is 0.667 bits per heavy atom. The lowest BCUT2D eigenvalue weighted by atomic mass is 10.0. The van der Waals surface area contributed by atoms with Crippen molar-refractivity contribution in [2.24, 2.45) is 0 Å². The molecule has 0 saturated heterocycles. The first-order valence-corrected chi connectivity index (χ1v) is 5.48. The molecule has 0 aliphatic heterocycles. The van der Waals surface area contributed by atoms with Crippen molar-refractivity contribution in [3.05, 3.63) is 54.6 Å². The topological polar surface area (TPSA) is 0 Å². The standard InChI is InChI=1S/C14H10S/c15-14-7-3-6-12-8-10-4-1-2-5-11(10)9-13(12)14/h1-9,15H/p+1. The first-order chi connectivity index (χ1) is 7.34. The predicted octanol–water partition coefficient (Wildman–Crippen LogP) is 3.36. The Hall–Kier alpha value is -1.47. The largest absolute Gasteiger partial charge is 0.158 e. The third-order valence-corrected chi connectivity index (χ3v) is 3.18. The third-order valence-electron chi connectivity index (χ3n) is 2.75. The Morgan fingerprint density at radius 2 is 1.33 bits per heavy atom. The Labute approximate surface area is 93.9 Å². The highest BCUT2D eigenvalue weighted by Crippen LogP contribution is 2.25. The van der Waals surface area contributed by atoms with Crippen LogP contribution in [0.1, 0.15) is 0 Å². The molecule has 0 amide bonds. The molecule has 3 aromatic carbocycles. The Morgan fingerprint density at radius 3 is 2.13 bits per heavy atom. The fraction of sp³-hybridized carbons (Fsp3) is 0. The first kappa shape index (κ1) is 8.81. The number of hydrogen-bond acceptors (Lipinski definition) is 0. The second-order valence-electron chi connectivity index (χ2n) is 3.73. The van der Waals surface area contributed by atoms with E-state index in [1.165, 1.54) is 21.5 Å². The molecule has 0 unspecified atom stereocenters. The maximum atomic E-state index is 3.64. The molecule has 0 fully saturated rings. The van der Waals surface area contributed by atoms with Crippen LogP contribution in [0.5, 0.6) is 0 Å². The van der Waals surface area contributed by atoms with E-state index in [0.29, 0.717) is 0 Å². The summed E-state index contributed by atoms with van der Waals surface area (Å²) in [7, 11) is 0. The van der Waals surface area contributed by atoms with Crippen LogP contribution in [0.15, 0.2) is 59.5 Å². The monoisotopic (exact) mass is 211 g/mol. The quantitative estimate of drug-likeness (QED) is 0.395. The molecule has 0 aliphatic carbocycles. The summed E-state index contributed by atoms with van der Waals surface area (Å²) >= 11 is 3.64. The van der Waals surface area contributed by atoms with E-state index >= 15 is 0 Å². The molecule has 0 bridgehead atoms. The molecule has 0 atom stereocenters. The van der Waals surface area contributed by atoms with E-state index in [1.807, 2.05) is 0 Å². The van der Waals surface area contributed by atoms with E-state index in [1.54, 1.807) is 0 Å². The predicted molar refractivity (Wildman–Crippen MR) is 69.9 cm³/mol. The molecular formula is C14H11S+. The molecule has 0 N–H and O–H groups in total. The van der Waals surface area contributed by atoms with Crippen LogP contribution >= 0.6 is 0 Å². The normalized spacial score (nSPS) is 11.0. The maximum Gasteiger partial charge on any atom is 0.158 e. The molecule has 0 saturated carbocycles. The minimum absolute atomic E-state index is 1.15. The summed E-state index contributed by atoms with van der Waals surface area (Å²) in [5.41, 5.74) is 0. The van der Waals surface area contributed by atoms with Gasteiger partial charge in [0.15, 0.2) is 4.90 Å². The lowest BCUT2D eigenvalue weighted by Gasteiger charge is -2.01. The SMILES string of the molecule is [SH2+]c1cccc2cc3ccccc3cc12. The van der Waals surface area contributed by atoms with Crippen LogP contribution in [0.25, 0.3) is 21.5 Å². The van der Waals surface area contributed by atoms with Gasteiger partial charge in [-0.05, 0) is 47.0 Å². The van der Waals surface area contributed by atoms with E-state index < -0.39 is 0 Å². The lowest BCUT2D eigenvalue weighted by molar-refractivity contribution is 1.57. The van der Waals surface area contributed by atoms with Gasteiger partial charge < -0.3 is 0 Å². The van der Waals surface area contributed by atoms with Crippen molar-refractivity contribution >= 4 is 34.2 Å². The zero-order chi connectivity index (χ0) is 10.3. The zero-order valence-corrected chi connectivity index (χ0v) is 9.20. The van der Waals surface area contributed by atoms with Crippen molar-refractivity contribution in [1.82, 2.24) is 0 Å². The van der Waals surface area contributed by atoms with Gasteiger partial charge in [-0.25, -0.2) is 0 Å². The van der Waals surface area contributed by atoms with Crippen LogP contribution in [0.2, 0.25) is 0 Å². The molecule has 0 aromatic heterocycles. The average molecular weight is 211 g/mol. The summed E-state index contributed by atoms with van der Waals surface area (Å²) in [6, 6.07) is 19.2. The van der Waals surface area contributed by atoms with Crippen LogP contribution < -0.4 is 0 Å². The third kappa shape index (κ3) is 1.40. The second kappa shape index (κ2) is 3.28. The van der Waals surface area contributed by atoms with Crippen molar-refractivity contribution in [1.29, 1.82) is 0 Å². The first-order valence-electron chi connectivity index (χ1n) is 4.98. The van der Waals surface area contributed by atoms with Crippen LogP contribution in [-0.4, -0.2) is 0 Å². The summed E-state index contributed by atoms with van der Waals surface area (Å²) < 4.78 is 0. The smallest absolute Gasteiger partial charge is 0.0616 e. The van der Waals surface area contributed by atoms with Crippen molar-refractivity contribution in [2.45, 2.75) is 4.90 Å². The van der Waals surface area contributed by atoms with Crippen LogP contribution in [0.3, 0.4) is 0 Å². The highest BCUT2D eigenvalue weighted by molar-refractivity contribution is 7.59. The van der Waals surface area contributed by atoms with Gasteiger partial charge in [-0.1, -0.05) is 36.4 Å². The molecule has 3 rings (SSSR count). The molecule has 0 radical (unpaired) electrons. The molecule has 0 aliphatic rings. The minimum Gasteiger partial charge on any atom is -0.0616 e. The van der Waals surface area contributed by atoms with E-state index in [9.17, 15) is 0 Å². The van der Waals surface area contributed by atoms with E-state index in [-0.39, 0.29) is 0 Å². The van der Waals surface area contributed by atoms with Crippen LogP contribution in [-0.2, 0) is 12.6 Å². The summed E-state index contributed by atoms with van der Waals surface area (Å²) in [6.07, 6.45) is 0. The van der Waals surface area contributed by atoms with E-state index in [4.69, 9.17) is 0 Å². The second-order valence-corrected chi connectivity index (χ2v) is 4.26. The summed E-state index contributed by atoms with van der Waals surface area (Å²) in [4.78, 5) is 1.15. The Bertz CT molecular complexity index is 641. The van der Waals surface area contributed by atoms with Gasteiger partial charge in [0.25, 0.3) is 0 Å². The summed E-state index contributed by atoms with van der Waals surface area (Å²) in [6.45, 7) is 0. The van der Waals surface area contributed by atoms with Crippen LogP contribution in [0.4, 0.5) is 0 Å².